The van der Waals surface area contributed by atoms with E-state index in [4.69, 9.17) is 4.74 Å². The lowest BCUT2D eigenvalue weighted by atomic mass is 10.1. The van der Waals surface area contributed by atoms with Crippen molar-refractivity contribution in [1.29, 1.82) is 0 Å². The van der Waals surface area contributed by atoms with E-state index >= 15 is 0 Å². The topological polar surface area (TPSA) is 46.6 Å². The summed E-state index contributed by atoms with van der Waals surface area (Å²) in [6, 6.07) is -0.545. The molecule has 1 atom stereocenters. The van der Waals surface area contributed by atoms with E-state index in [-0.39, 0.29) is 11.9 Å². The first-order valence-electron chi connectivity index (χ1n) is 10.7. The molecule has 0 aromatic heterocycles. The highest BCUT2D eigenvalue weighted by Crippen LogP contribution is 2.10. The van der Waals surface area contributed by atoms with Crippen LogP contribution in [0.1, 0.15) is 97.8 Å². The van der Waals surface area contributed by atoms with Crippen molar-refractivity contribution in [3.8, 4) is 0 Å². The summed E-state index contributed by atoms with van der Waals surface area (Å²) < 4.78 is 5.38. The van der Waals surface area contributed by atoms with E-state index < -0.39 is 6.04 Å². The second-order valence-electron chi connectivity index (χ2n) is 7.11. The zero-order valence-electron chi connectivity index (χ0n) is 17.4. The standard InChI is InChI=1S/C22H41NO3/c1-5-8-10-12-14-16-18-23(21(24)7-3)20(4)22(25)26-19-17-15-13-11-9-6-2/h7,20H,3,5-6,8-19H2,1-2,4H3/t20-/m0/s1. The van der Waals surface area contributed by atoms with Crippen LogP contribution in [0.25, 0.3) is 0 Å². The molecule has 0 heterocycles. The maximum atomic E-state index is 12.3. The maximum absolute atomic E-state index is 12.3. The summed E-state index contributed by atoms with van der Waals surface area (Å²) >= 11 is 0. The average molecular weight is 368 g/mol. The summed E-state index contributed by atoms with van der Waals surface area (Å²) in [5.74, 6) is -0.498. The Hall–Kier alpha value is -1.32. The van der Waals surface area contributed by atoms with Crippen LogP contribution in [-0.2, 0) is 14.3 Å². The molecule has 0 fully saturated rings. The second kappa shape index (κ2) is 17.1. The van der Waals surface area contributed by atoms with E-state index in [1.165, 1.54) is 57.4 Å². The molecule has 0 aliphatic rings. The Labute approximate surface area is 161 Å². The molecule has 0 saturated heterocycles. The number of unbranched alkanes of at least 4 members (excludes halogenated alkanes) is 10. The zero-order valence-corrected chi connectivity index (χ0v) is 17.4. The number of rotatable bonds is 17. The molecule has 4 heteroatoms. The van der Waals surface area contributed by atoms with Gasteiger partial charge in [-0.3, -0.25) is 4.79 Å². The predicted molar refractivity (Wildman–Crippen MR) is 109 cm³/mol. The number of carbonyl (C=O) groups excluding carboxylic acids is 2. The molecule has 0 radical (unpaired) electrons. The van der Waals surface area contributed by atoms with Gasteiger partial charge in [0, 0.05) is 6.54 Å². The minimum absolute atomic E-state index is 0.192. The van der Waals surface area contributed by atoms with E-state index in [0.717, 1.165) is 25.7 Å². The molecule has 0 aliphatic heterocycles. The van der Waals surface area contributed by atoms with E-state index in [0.29, 0.717) is 13.2 Å². The first kappa shape index (κ1) is 24.7. The summed E-state index contributed by atoms with van der Waals surface area (Å²) in [7, 11) is 0. The summed E-state index contributed by atoms with van der Waals surface area (Å²) in [6.07, 6.45) is 15.1. The highest BCUT2D eigenvalue weighted by atomic mass is 16.5. The molecular formula is C22H41NO3. The lowest BCUT2D eigenvalue weighted by molar-refractivity contribution is -0.153. The summed E-state index contributed by atoms with van der Waals surface area (Å²) in [6.45, 7) is 10.7. The van der Waals surface area contributed by atoms with Crippen molar-refractivity contribution >= 4 is 11.9 Å². The van der Waals surface area contributed by atoms with Crippen molar-refractivity contribution in [2.45, 2.75) is 104 Å². The Bertz CT molecular complexity index is 382. The molecule has 0 unspecified atom stereocenters. The molecule has 0 bridgehead atoms. The van der Waals surface area contributed by atoms with Gasteiger partial charge in [0.2, 0.25) is 5.91 Å². The van der Waals surface area contributed by atoms with E-state index in [9.17, 15) is 9.59 Å². The molecule has 0 aromatic carbocycles. The fraction of sp³-hybridized carbons (Fsp3) is 0.818. The van der Waals surface area contributed by atoms with Crippen LogP contribution < -0.4 is 0 Å². The molecule has 4 nitrogen and oxygen atoms in total. The lowest BCUT2D eigenvalue weighted by Gasteiger charge is -2.26. The van der Waals surface area contributed by atoms with Gasteiger partial charge in [-0.25, -0.2) is 4.79 Å². The summed E-state index contributed by atoms with van der Waals surface area (Å²) in [4.78, 5) is 26.0. The Balaban J connectivity index is 4.14. The van der Waals surface area contributed by atoms with Gasteiger partial charge in [0.05, 0.1) is 6.61 Å². The molecule has 0 aromatic rings. The number of amides is 1. The number of nitrogens with zero attached hydrogens (tertiary/aromatic N) is 1. The van der Waals surface area contributed by atoms with Gasteiger partial charge in [0.1, 0.15) is 6.04 Å². The molecular weight excluding hydrogens is 326 g/mol. The van der Waals surface area contributed by atoms with Crippen LogP contribution in [0.4, 0.5) is 0 Å². The SMILES string of the molecule is C=CC(=O)N(CCCCCCCC)[C@@H](C)C(=O)OCCCCCCCC. The van der Waals surface area contributed by atoms with Crippen LogP contribution in [0.15, 0.2) is 12.7 Å². The number of hydrogen-bond donors (Lipinski definition) is 0. The van der Waals surface area contributed by atoms with Crippen molar-refractivity contribution in [1.82, 2.24) is 4.90 Å². The Morgan fingerprint density at radius 2 is 1.38 bits per heavy atom. The molecule has 0 rings (SSSR count). The van der Waals surface area contributed by atoms with E-state index in [1.807, 2.05) is 0 Å². The van der Waals surface area contributed by atoms with Crippen LogP contribution >= 0.6 is 0 Å². The summed E-state index contributed by atoms with van der Waals surface area (Å²) in [5, 5.41) is 0. The maximum Gasteiger partial charge on any atom is 0.328 e. The van der Waals surface area contributed by atoms with Gasteiger partial charge in [0.15, 0.2) is 0 Å². The molecule has 0 N–H and O–H groups in total. The quantitative estimate of drug-likeness (QED) is 0.189. The molecule has 0 spiro atoms. The van der Waals surface area contributed by atoms with Gasteiger partial charge < -0.3 is 9.64 Å². The summed E-state index contributed by atoms with van der Waals surface area (Å²) in [5.41, 5.74) is 0. The van der Waals surface area contributed by atoms with E-state index in [2.05, 4.69) is 20.4 Å². The van der Waals surface area contributed by atoms with Gasteiger partial charge in [-0.1, -0.05) is 84.6 Å². The van der Waals surface area contributed by atoms with Crippen LogP contribution in [-0.4, -0.2) is 36.0 Å². The van der Waals surface area contributed by atoms with Crippen molar-refractivity contribution in [2.24, 2.45) is 0 Å². The molecule has 0 aliphatic carbocycles. The molecule has 152 valence electrons. The normalized spacial score (nSPS) is 11.8. The number of carbonyl (C=O) groups is 2. The molecule has 1 amide bonds. The van der Waals surface area contributed by atoms with Crippen LogP contribution in [0, 0.1) is 0 Å². The predicted octanol–water partition coefficient (Wildman–Crippen LogP) is 5.65. The number of esters is 1. The fourth-order valence-corrected chi connectivity index (χ4v) is 2.98. The minimum Gasteiger partial charge on any atom is -0.464 e. The number of hydrogen-bond acceptors (Lipinski definition) is 3. The van der Waals surface area contributed by atoms with Gasteiger partial charge in [0.25, 0.3) is 0 Å². The van der Waals surface area contributed by atoms with Gasteiger partial charge in [-0.2, -0.15) is 0 Å². The van der Waals surface area contributed by atoms with E-state index in [1.54, 1.807) is 11.8 Å². The monoisotopic (exact) mass is 367 g/mol. The van der Waals surface area contributed by atoms with Gasteiger partial charge >= 0.3 is 5.97 Å². The smallest absolute Gasteiger partial charge is 0.328 e. The van der Waals surface area contributed by atoms with Crippen molar-refractivity contribution in [3.05, 3.63) is 12.7 Å². The highest BCUT2D eigenvalue weighted by molar-refractivity contribution is 5.91. The Morgan fingerprint density at radius 1 is 0.885 bits per heavy atom. The van der Waals surface area contributed by atoms with Crippen LogP contribution in [0.5, 0.6) is 0 Å². The lowest BCUT2D eigenvalue weighted by Crippen LogP contribution is -2.44. The van der Waals surface area contributed by atoms with Gasteiger partial charge in [-0.05, 0) is 25.8 Å². The molecule has 26 heavy (non-hydrogen) atoms. The first-order valence-corrected chi connectivity index (χ1v) is 10.7. The van der Waals surface area contributed by atoms with Gasteiger partial charge in [-0.15, -0.1) is 0 Å². The third-order valence-electron chi connectivity index (χ3n) is 4.76. The second-order valence-corrected chi connectivity index (χ2v) is 7.11. The third-order valence-corrected chi connectivity index (χ3v) is 4.76. The van der Waals surface area contributed by atoms with Crippen LogP contribution in [0.2, 0.25) is 0 Å². The van der Waals surface area contributed by atoms with Crippen molar-refractivity contribution in [2.75, 3.05) is 13.2 Å². The Kier molecular flexibility index (Phi) is 16.2. The van der Waals surface area contributed by atoms with Crippen LogP contribution in [0.3, 0.4) is 0 Å². The highest BCUT2D eigenvalue weighted by Gasteiger charge is 2.25. The number of ether oxygens (including phenoxy) is 1. The Morgan fingerprint density at radius 3 is 1.92 bits per heavy atom. The third kappa shape index (κ3) is 12.1. The first-order chi connectivity index (χ1) is 12.6. The van der Waals surface area contributed by atoms with Crippen molar-refractivity contribution < 1.29 is 14.3 Å². The zero-order chi connectivity index (χ0) is 19.6. The largest absolute Gasteiger partial charge is 0.464 e. The average Bonchev–Trinajstić information content (AvgIpc) is 2.65. The van der Waals surface area contributed by atoms with Crippen molar-refractivity contribution in [3.63, 3.8) is 0 Å². The molecule has 0 saturated carbocycles. The fourth-order valence-electron chi connectivity index (χ4n) is 2.98. The minimum atomic E-state index is -0.545.